The molecule has 0 radical (unpaired) electrons. The van der Waals surface area contributed by atoms with Crippen molar-refractivity contribution in [2.45, 2.75) is 51.4 Å². The van der Waals surface area contributed by atoms with Crippen LogP contribution in [0.1, 0.15) is 51.4 Å². The van der Waals surface area contributed by atoms with Gasteiger partial charge in [0, 0.05) is 12.0 Å². The van der Waals surface area contributed by atoms with Gasteiger partial charge in [0.1, 0.15) is 0 Å². The molecule has 3 heteroatoms. The van der Waals surface area contributed by atoms with Crippen LogP contribution in [0.3, 0.4) is 0 Å². The molecule has 0 saturated heterocycles. The number of carboxylic acid groups (broad SMARTS) is 1. The summed E-state index contributed by atoms with van der Waals surface area (Å²) in [7, 11) is 0. The largest absolute Gasteiger partial charge is 0.498 e. The number of hydrogen-bond acceptors (Lipinski definition) is 2. The summed E-state index contributed by atoms with van der Waals surface area (Å²) < 4.78 is 5.86. The zero-order valence-corrected chi connectivity index (χ0v) is 11.4. The second-order valence-electron chi connectivity index (χ2n) is 5.24. The van der Waals surface area contributed by atoms with Crippen LogP contribution in [0, 0.1) is 0 Å². The lowest BCUT2D eigenvalue weighted by Gasteiger charge is -2.11. The Hall–Kier alpha value is -1.51. The van der Waals surface area contributed by atoms with E-state index in [4.69, 9.17) is 9.84 Å². The van der Waals surface area contributed by atoms with E-state index in [0.29, 0.717) is 13.0 Å². The third kappa shape index (κ3) is 3.72. The molecule has 0 heterocycles. The summed E-state index contributed by atoms with van der Waals surface area (Å²) in [6.45, 7) is 4.12. The van der Waals surface area contributed by atoms with Crippen LogP contribution >= 0.6 is 0 Å². The van der Waals surface area contributed by atoms with Gasteiger partial charge >= 0.3 is 5.97 Å². The quantitative estimate of drug-likeness (QED) is 0.557. The summed E-state index contributed by atoms with van der Waals surface area (Å²) >= 11 is 0. The fraction of sp³-hybridized carbons (Fsp3) is 0.562. The molecule has 1 N–H and O–H groups in total. The maximum atomic E-state index is 10.6. The maximum Gasteiger partial charge on any atom is 0.330 e. The molecule has 0 amide bonds. The van der Waals surface area contributed by atoms with Crippen LogP contribution in [0.2, 0.25) is 0 Å². The van der Waals surface area contributed by atoms with Gasteiger partial charge in [-0.2, -0.15) is 0 Å². The lowest BCUT2D eigenvalue weighted by molar-refractivity contribution is -0.132. The van der Waals surface area contributed by atoms with Gasteiger partial charge in [-0.05, 0) is 56.1 Å². The van der Waals surface area contributed by atoms with Gasteiger partial charge in [0.05, 0.1) is 12.4 Å². The van der Waals surface area contributed by atoms with Crippen LogP contribution in [0.5, 0.6) is 0 Å². The first-order valence-electron chi connectivity index (χ1n) is 7.14. The van der Waals surface area contributed by atoms with Gasteiger partial charge in [-0.15, -0.1) is 0 Å². The molecule has 0 aromatic heterocycles. The van der Waals surface area contributed by atoms with Gasteiger partial charge < -0.3 is 9.84 Å². The molecule has 2 aliphatic carbocycles. The lowest BCUT2D eigenvalue weighted by atomic mass is 10.1. The van der Waals surface area contributed by atoms with E-state index in [1.807, 2.05) is 0 Å². The molecule has 0 atom stereocenters. The smallest absolute Gasteiger partial charge is 0.330 e. The molecule has 0 aromatic rings. The standard InChI is InChI=1S/C16H22O3/c1-12(16(17)18)6-5-11-19-15-10-4-9-14(15)13-7-2-3-8-13/h7H,1-6,8-11H2,(H,17,18). The zero-order chi connectivity index (χ0) is 13.7. The monoisotopic (exact) mass is 262 g/mol. The fourth-order valence-corrected chi connectivity index (χ4v) is 2.75. The van der Waals surface area contributed by atoms with Gasteiger partial charge in [-0.1, -0.05) is 12.7 Å². The summed E-state index contributed by atoms with van der Waals surface area (Å²) in [6.07, 6.45) is 10.6. The molecule has 0 saturated carbocycles. The highest BCUT2D eigenvalue weighted by Crippen LogP contribution is 2.36. The van der Waals surface area contributed by atoms with E-state index >= 15 is 0 Å². The molecule has 0 aliphatic heterocycles. The maximum absolute atomic E-state index is 10.6. The molecule has 3 nitrogen and oxygen atoms in total. The first-order chi connectivity index (χ1) is 9.18. The molecule has 0 aromatic carbocycles. The zero-order valence-electron chi connectivity index (χ0n) is 11.4. The topological polar surface area (TPSA) is 46.5 Å². The number of allylic oxidation sites excluding steroid dienone is 4. The van der Waals surface area contributed by atoms with E-state index in [1.165, 1.54) is 36.8 Å². The van der Waals surface area contributed by atoms with Crippen molar-refractivity contribution in [3.63, 3.8) is 0 Å². The summed E-state index contributed by atoms with van der Waals surface area (Å²) in [5.74, 6) is 0.242. The van der Waals surface area contributed by atoms with Gasteiger partial charge in [0.15, 0.2) is 0 Å². The third-order valence-corrected chi connectivity index (χ3v) is 3.80. The van der Waals surface area contributed by atoms with Crippen molar-refractivity contribution in [2.75, 3.05) is 6.61 Å². The van der Waals surface area contributed by atoms with Crippen LogP contribution in [0.25, 0.3) is 0 Å². The van der Waals surface area contributed by atoms with Crippen LogP contribution in [0.15, 0.2) is 35.1 Å². The Kier molecular flexibility index (Phi) is 4.83. The highest BCUT2D eigenvalue weighted by Gasteiger charge is 2.20. The van der Waals surface area contributed by atoms with Crippen LogP contribution in [0.4, 0.5) is 0 Å². The molecular weight excluding hydrogens is 240 g/mol. The second-order valence-corrected chi connectivity index (χ2v) is 5.24. The second kappa shape index (κ2) is 6.60. The van der Waals surface area contributed by atoms with Crippen molar-refractivity contribution in [1.29, 1.82) is 0 Å². The number of carbonyl (C=O) groups is 1. The highest BCUT2D eigenvalue weighted by molar-refractivity contribution is 5.85. The fourth-order valence-electron chi connectivity index (χ4n) is 2.75. The SMILES string of the molecule is C=C(CCCOC1=C(C2=CCCC2)CCC1)C(=O)O. The first kappa shape index (κ1) is 13.9. The molecule has 2 aliphatic rings. The molecular formula is C16H22O3. The number of rotatable bonds is 7. The summed E-state index contributed by atoms with van der Waals surface area (Å²) in [4.78, 5) is 10.6. The summed E-state index contributed by atoms with van der Waals surface area (Å²) in [5, 5.41) is 8.72. The minimum absolute atomic E-state index is 0.266. The number of hydrogen-bond donors (Lipinski definition) is 1. The number of ether oxygens (including phenoxy) is 1. The Labute approximate surface area is 114 Å². The minimum Gasteiger partial charge on any atom is -0.498 e. The van der Waals surface area contributed by atoms with Gasteiger partial charge in [-0.3, -0.25) is 0 Å². The van der Waals surface area contributed by atoms with Crippen LogP contribution in [-0.2, 0) is 9.53 Å². The van der Waals surface area contributed by atoms with E-state index in [0.717, 1.165) is 25.0 Å². The Balaban J connectivity index is 1.79. The van der Waals surface area contributed by atoms with E-state index < -0.39 is 5.97 Å². The Bertz CT molecular complexity index is 429. The van der Waals surface area contributed by atoms with Gasteiger partial charge in [0.25, 0.3) is 0 Å². The summed E-state index contributed by atoms with van der Waals surface area (Å²) in [5.41, 5.74) is 3.18. The first-order valence-corrected chi connectivity index (χ1v) is 7.14. The van der Waals surface area contributed by atoms with E-state index in [1.54, 1.807) is 0 Å². The molecule has 0 fully saturated rings. The highest BCUT2D eigenvalue weighted by atomic mass is 16.5. The van der Waals surface area contributed by atoms with Crippen LogP contribution < -0.4 is 0 Å². The van der Waals surface area contributed by atoms with Gasteiger partial charge in [0.2, 0.25) is 0 Å². The van der Waals surface area contributed by atoms with Crippen molar-refractivity contribution in [1.82, 2.24) is 0 Å². The average molecular weight is 262 g/mol. The molecule has 19 heavy (non-hydrogen) atoms. The molecule has 0 bridgehead atoms. The van der Waals surface area contributed by atoms with E-state index in [2.05, 4.69) is 12.7 Å². The summed E-state index contributed by atoms with van der Waals surface area (Å²) in [6, 6.07) is 0. The minimum atomic E-state index is -0.906. The van der Waals surface area contributed by atoms with Crippen LogP contribution in [-0.4, -0.2) is 17.7 Å². The van der Waals surface area contributed by atoms with Crippen molar-refractivity contribution in [3.8, 4) is 0 Å². The van der Waals surface area contributed by atoms with Crippen molar-refractivity contribution in [2.24, 2.45) is 0 Å². The molecule has 0 unspecified atom stereocenters. The predicted molar refractivity (Wildman–Crippen MR) is 74.8 cm³/mol. The lowest BCUT2D eigenvalue weighted by Crippen LogP contribution is -2.02. The van der Waals surface area contributed by atoms with Crippen molar-refractivity contribution < 1.29 is 14.6 Å². The number of aliphatic carboxylic acids is 1. The van der Waals surface area contributed by atoms with Crippen molar-refractivity contribution in [3.05, 3.63) is 35.1 Å². The van der Waals surface area contributed by atoms with E-state index in [-0.39, 0.29) is 5.57 Å². The van der Waals surface area contributed by atoms with Crippen molar-refractivity contribution >= 4 is 5.97 Å². The normalized spacial score (nSPS) is 18.6. The molecule has 104 valence electrons. The third-order valence-electron chi connectivity index (χ3n) is 3.80. The predicted octanol–water partition coefficient (Wildman–Crippen LogP) is 3.97. The Morgan fingerprint density at radius 1 is 1.32 bits per heavy atom. The molecule has 2 rings (SSSR count). The number of carboxylic acids is 1. The van der Waals surface area contributed by atoms with E-state index in [9.17, 15) is 4.79 Å². The van der Waals surface area contributed by atoms with Gasteiger partial charge in [-0.25, -0.2) is 4.79 Å². The Morgan fingerprint density at radius 2 is 2.16 bits per heavy atom. The average Bonchev–Trinajstić information content (AvgIpc) is 3.04. The molecule has 0 spiro atoms. The Morgan fingerprint density at radius 3 is 2.84 bits per heavy atom.